The fourth-order valence-corrected chi connectivity index (χ4v) is 2.19. The highest BCUT2D eigenvalue weighted by Crippen LogP contribution is 2.22. The normalized spacial score (nSPS) is 10.3. The van der Waals surface area contributed by atoms with Crippen molar-refractivity contribution >= 4 is 23.3 Å². The van der Waals surface area contributed by atoms with Crippen LogP contribution in [0.4, 0.5) is 0 Å². The molecule has 0 aliphatic carbocycles. The quantitative estimate of drug-likeness (QED) is 0.803. The van der Waals surface area contributed by atoms with E-state index in [0.29, 0.717) is 6.42 Å². The molecule has 0 unspecified atom stereocenters. The first kappa shape index (κ1) is 15.1. The Morgan fingerprint density at radius 3 is 2.52 bits per heavy atom. The van der Waals surface area contributed by atoms with Gasteiger partial charge in [-0.15, -0.1) is 0 Å². The number of carbonyl (C=O) groups excluding carboxylic acids is 1. The van der Waals surface area contributed by atoms with Crippen molar-refractivity contribution in [3.8, 4) is 11.3 Å². The SMILES string of the molecule is Cc1ccc(-c2ccc(CCC(=O)[O-])n2NC(N)=S)cc1. The highest BCUT2D eigenvalue weighted by atomic mass is 32.1. The molecule has 0 atom stereocenters. The van der Waals surface area contributed by atoms with Crippen LogP contribution in [0.5, 0.6) is 0 Å². The highest BCUT2D eigenvalue weighted by Gasteiger charge is 2.10. The van der Waals surface area contributed by atoms with E-state index in [2.05, 4.69) is 5.43 Å². The van der Waals surface area contributed by atoms with E-state index in [9.17, 15) is 9.90 Å². The van der Waals surface area contributed by atoms with Gasteiger partial charge in [-0.2, -0.15) is 0 Å². The molecule has 110 valence electrons. The summed E-state index contributed by atoms with van der Waals surface area (Å²) in [5, 5.41) is 10.7. The van der Waals surface area contributed by atoms with Gasteiger partial charge in [0.05, 0.1) is 5.69 Å². The summed E-state index contributed by atoms with van der Waals surface area (Å²) >= 11 is 4.89. The highest BCUT2D eigenvalue weighted by molar-refractivity contribution is 7.80. The zero-order valence-corrected chi connectivity index (χ0v) is 12.4. The summed E-state index contributed by atoms with van der Waals surface area (Å²) in [6, 6.07) is 11.8. The number of benzene rings is 1. The number of nitrogens with two attached hydrogens (primary N) is 1. The number of rotatable bonds is 5. The Morgan fingerprint density at radius 1 is 1.29 bits per heavy atom. The number of carboxylic acids is 1. The van der Waals surface area contributed by atoms with Crippen LogP contribution in [0.1, 0.15) is 17.7 Å². The molecule has 1 aromatic heterocycles. The number of carboxylic acid groups (broad SMARTS) is 1. The lowest BCUT2D eigenvalue weighted by Gasteiger charge is -2.15. The number of nitrogens with zero attached hydrogens (tertiary/aromatic N) is 1. The largest absolute Gasteiger partial charge is 0.550 e. The van der Waals surface area contributed by atoms with Gasteiger partial charge < -0.3 is 15.6 Å². The predicted molar refractivity (Wildman–Crippen MR) is 84.1 cm³/mol. The average molecular weight is 302 g/mol. The molecule has 2 aromatic rings. The van der Waals surface area contributed by atoms with E-state index in [1.54, 1.807) is 4.68 Å². The molecular formula is C15H16N3O2S-. The minimum Gasteiger partial charge on any atom is -0.550 e. The van der Waals surface area contributed by atoms with Crippen molar-refractivity contribution in [3.63, 3.8) is 0 Å². The molecule has 0 saturated carbocycles. The first-order valence-electron chi connectivity index (χ1n) is 6.51. The van der Waals surface area contributed by atoms with Crippen molar-refractivity contribution in [3.05, 3.63) is 47.7 Å². The molecule has 0 radical (unpaired) electrons. The first-order chi connectivity index (χ1) is 9.97. The average Bonchev–Trinajstić information content (AvgIpc) is 2.79. The fraction of sp³-hybridized carbons (Fsp3) is 0.200. The molecule has 2 rings (SSSR count). The second-order valence-electron chi connectivity index (χ2n) is 4.76. The van der Waals surface area contributed by atoms with Gasteiger partial charge in [0.15, 0.2) is 5.11 Å². The lowest BCUT2D eigenvalue weighted by atomic mass is 10.1. The Morgan fingerprint density at radius 2 is 1.95 bits per heavy atom. The van der Waals surface area contributed by atoms with Gasteiger partial charge in [-0.3, -0.25) is 10.1 Å². The van der Waals surface area contributed by atoms with Crippen molar-refractivity contribution in [2.24, 2.45) is 5.73 Å². The van der Waals surface area contributed by atoms with E-state index < -0.39 is 5.97 Å². The number of aliphatic carboxylic acids is 1. The Kier molecular flexibility index (Phi) is 4.59. The summed E-state index contributed by atoms with van der Waals surface area (Å²) in [5.74, 6) is -1.09. The Hall–Kier alpha value is -2.34. The van der Waals surface area contributed by atoms with Gasteiger partial charge in [-0.25, -0.2) is 0 Å². The summed E-state index contributed by atoms with van der Waals surface area (Å²) in [6.07, 6.45) is 0.278. The van der Waals surface area contributed by atoms with Crippen LogP contribution >= 0.6 is 12.2 Å². The summed E-state index contributed by atoms with van der Waals surface area (Å²) in [5.41, 5.74) is 12.2. The molecule has 0 aliphatic rings. The summed E-state index contributed by atoms with van der Waals surface area (Å²) in [6.45, 7) is 2.02. The van der Waals surface area contributed by atoms with E-state index in [0.717, 1.165) is 22.5 Å². The molecule has 0 fully saturated rings. The second-order valence-corrected chi connectivity index (χ2v) is 5.20. The summed E-state index contributed by atoms with van der Waals surface area (Å²) in [4.78, 5) is 10.6. The number of thiocarbonyl (C=S) groups is 1. The molecule has 21 heavy (non-hydrogen) atoms. The molecule has 0 spiro atoms. The third-order valence-corrected chi connectivity index (χ3v) is 3.21. The third-order valence-electron chi connectivity index (χ3n) is 3.12. The van der Waals surface area contributed by atoms with E-state index in [-0.39, 0.29) is 11.5 Å². The molecule has 3 N–H and O–H groups in total. The minimum atomic E-state index is -1.09. The maximum atomic E-state index is 10.6. The standard InChI is InChI=1S/C15H17N3O2S/c1-10-2-4-11(5-3-10)13-8-6-12(7-9-14(19)20)18(13)17-15(16)21/h2-6,8H,7,9H2,1H3,(H,19,20)(H3,16,17,21)/p-1. The van der Waals surface area contributed by atoms with E-state index in [4.69, 9.17) is 18.0 Å². The van der Waals surface area contributed by atoms with Crippen LogP contribution in [0.25, 0.3) is 11.3 Å². The number of aromatic nitrogens is 1. The minimum absolute atomic E-state index is 0.0592. The molecule has 0 saturated heterocycles. The maximum absolute atomic E-state index is 10.6. The number of hydrogen-bond donors (Lipinski definition) is 2. The van der Waals surface area contributed by atoms with Crippen LogP contribution in [-0.4, -0.2) is 15.8 Å². The number of hydrogen-bond acceptors (Lipinski definition) is 3. The van der Waals surface area contributed by atoms with Crippen molar-refractivity contribution in [1.29, 1.82) is 0 Å². The van der Waals surface area contributed by atoms with Crippen LogP contribution in [0.3, 0.4) is 0 Å². The first-order valence-corrected chi connectivity index (χ1v) is 6.92. The van der Waals surface area contributed by atoms with Gasteiger partial charge in [0, 0.05) is 17.2 Å². The van der Waals surface area contributed by atoms with Crippen molar-refractivity contribution in [2.45, 2.75) is 19.8 Å². The molecule has 0 amide bonds. The zero-order valence-electron chi connectivity index (χ0n) is 11.6. The van der Waals surface area contributed by atoms with Gasteiger partial charge in [-0.1, -0.05) is 29.8 Å². The maximum Gasteiger partial charge on any atom is 0.183 e. The van der Waals surface area contributed by atoms with Crippen molar-refractivity contribution in [1.82, 2.24) is 4.68 Å². The second kappa shape index (κ2) is 6.41. The van der Waals surface area contributed by atoms with Crippen LogP contribution < -0.4 is 16.3 Å². The van der Waals surface area contributed by atoms with E-state index >= 15 is 0 Å². The van der Waals surface area contributed by atoms with Gasteiger partial charge >= 0.3 is 0 Å². The number of carbonyl (C=O) groups is 1. The van der Waals surface area contributed by atoms with Gasteiger partial charge in [0.2, 0.25) is 0 Å². The van der Waals surface area contributed by atoms with Crippen LogP contribution in [0, 0.1) is 6.92 Å². The molecule has 0 bridgehead atoms. The predicted octanol–water partition coefficient (Wildman–Crippen LogP) is 0.933. The van der Waals surface area contributed by atoms with Crippen molar-refractivity contribution in [2.75, 3.05) is 5.43 Å². The van der Waals surface area contributed by atoms with Crippen molar-refractivity contribution < 1.29 is 9.90 Å². The Labute approximate surface area is 128 Å². The Balaban J connectivity index is 2.38. The lowest BCUT2D eigenvalue weighted by Crippen LogP contribution is -2.30. The third kappa shape index (κ3) is 3.82. The van der Waals surface area contributed by atoms with Gasteiger partial charge in [-0.05, 0) is 44.1 Å². The Bertz CT molecular complexity index is 662. The molecule has 6 heteroatoms. The van der Waals surface area contributed by atoms with Crippen LogP contribution in [0.15, 0.2) is 36.4 Å². The molecule has 1 aromatic carbocycles. The molecule has 5 nitrogen and oxygen atoms in total. The summed E-state index contributed by atoms with van der Waals surface area (Å²) < 4.78 is 1.72. The van der Waals surface area contributed by atoms with E-state index in [1.807, 2.05) is 43.3 Å². The number of aryl methyl sites for hydroxylation is 2. The summed E-state index contributed by atoms with van der Waals surface area (Å²) in [7, 11) is 0. The zero-order chi connectivity index (χ0) is 15.4. The topological polar surface area (TPSA) is 83.1 Å². The van der Waals surface area contributed by atoms with E-state index in [1.165, 1.54) is 0 Å². The smallest absolute Gasteiger partial charge is 0.183 e. The lowest BCUT2D eigenvalue weighted by molar-refractivity contribution is -0.305. The monoisotopic (exact) mass is 302 g/mol. The van der Waals surface area contributed by atoms with Gasteiger partial charge in [0.1, 0.15) is 0 Å². The fourth-order valence-electron chi connectivity index (χ4n) is 2.10. The number of nitrogens with one attached hydrogen (secondary N) is 1. The van der Waals surface area contributed by atoms with Crippen LogP contribution in [-0.2, 0) is 11.2 Å². The van der Waals surface area contributed by atoms with Gasteiger partial charge in [0.25, 0.3) is 0 Å². The molecule has 0 aliphatic heterocycles. The van der Waals surface area contributed by atoms with Crippen LogP contribution in [0.2, 0.25) is 0 Å². The molecular weight excluding hydrogens is 286 g/mol. The molecule has 1 heterocycles.